The summed E-state index contributed by atoms with van der Waals surface area (Å²) in [5, 5.41) is 2.77. The molecule has 0 aliphatic rings. The molecule has 1 aromatic carbocycles. The highest BCUT2D eigenvalue weighted by Crippen LogP contribution is 2.20. The lowest BCUT2D eigenvalue weighted by molar-refractivity contribution is -0.143. The van der Waals surface area contributed by atoms with Crippen LogP contribution in [-0.2, 0) is 14.3 Å². The maximum atomic E-state index is 11.6. The lowest BCUT2D eigenvalue weighted by atomic mass is 10.1. The molecule has 5 nitrogen and oxygen atoms in total. The minimum Gasteiger partial charge on any atom is -0.493 e. The van der Waals surface area contributed by atoms with Crippen molar-refractivity contribution in [3.8, 4) is 5.75 Å². The zero-order chi connectivity index (χ0) is 16.4. The van der Waals surface area contributed by atoms with Gasteiger partial charge in [-0.05, 0) is 44.4 Å². The van der Waals surface area contributed by atoms with Crippen molar-refractivity contribution in [3.63, 3.8) is 0 Å². The fourth-order valence-corrected chi connectivity index (χ4v) is 1.92. The van der Waals surface area contributed by atoms with E-state index in [2.05, 4.69) is 5.32 Å². The van der Waals surface area contributed by atoms with Gasteiger partial charge in [0.05, 0.1) is 19.6 Å². The Morgan fingerprint density at radius 3 is 2.68 bits per heavy atom. The van der Waals surface area contributed by atoms with Crippen molar-refractivity contribution in [2.75, 3.05) is 19.8 Å². The van der Waals surface area contributed by atoms with Gasteiger partial charge in [0.25, 0.3) is 0 Å². The molecule has 1 rings (SSSR count). The summed E-state index contributed by atoms with van der Waals surface area (Å²) in [5.41, 5.74) is 2.26. The van der Waals surface area contributed by atoms with Crippen LogP contribution in [0, 0.1) is 13.8 Å². The number of nitrogens with one attached hydrogen (secondary N) is 1. The number of benzene rings is 1. The highest BCUT2D eigenvalue weighted by atomic mass is 16.5. The maximum Gasteiger partial charge on any atom is 0.305 e. The summed E-state index contributed by atoms with van der Waals surface area (Å²) >= 11 is 0. The Hall–Kier alpha value is -2.04. The molecule has 0 atom stereocenters. The molecule has 0 spiro atoms. The number of hydrogen-bond acceptors (Lipinski definition) is 4. The summed E-state index contributed by atoms with van der Waals surface area (Å²) in [6, 6.07) is 5.87. The largest absolute Gasteiger partial charge is 0.493 e. The fraction of sp³-hybridized carbons (Fsp3) is 0.529. The van der Waals surface area contributed by atoms with E-state index in [1.54, 1.807) is 6.92 Å². The van der Waals surface area contributed by atoms with Gasteiger partial charge in [0.15, 0.2) is 0 Å². The third-order valence-electron chi connectivity index (χ3n) is 3.33. The summed E-state index contributed by atoms with van der Waals surface area (Å²) in [6.45, 7) is 7.00. The average Bonchev–Trinajstić information content (AvgIpc) is 2.48. The lowest BCUT2D eigenvalue weighted by Gasteiger charge is -2.11. The molecular formula is C17H25NO4. The minimum absolute atomic E-state index is 0.0748. The first-order chi connectivity index (χ1) is 10.5. The van der Waals surface area contributed by atoms with Crippen LogP contribution in [0.1, 0.15) is 37.3 Å². The Morgan fingerprint density at radius 1 is 1.18 bits per heavy atom. The van der Waals surface area contributed by atoms with Gasteiger partial charge >= 0.3 is 5.97 Å². The van der Waals surface area contributed by atoms with Gasteiger partial charge in [0.1, 0.15) is 5.75 Å². The van der Waals surface area contributed by atoms with Crippen molar-refractivity contribution in [1.29, 1.82) is 0 Å². The van der Waals surface area contributed by atoms with Gasteiger partial charge < -0.3 is 14.8 Å². The van der Waals surface area contributed by atoms with Crippen molar-refractivity contribution in [3.05, 3.63) is 29.3 Å². The van der Waals surface area contributed by atoms with Crippen LogP contribution in [-0.4, -0.2) is 31.6 Å². The SMILES string of the molecule is CCOC(=O)CCCNC(=O)CCOc1cccc(C)c1C. The molecule has 0 saturated heterocycles. The topological polar surface area (TPSA) is 64.6 Å². The van der Waals surface area contributed by atoms with Crippen molar-refractivity contribution in [2.24, 2.45) is 0 Å². The maximum absolute atomic E-state index is 11.6. The Bertz CT molecular complexity index is 499. The smallest absolute Gasteiger partial charge is 0.305 e. The van der Waals surface area contributed by atoms with Crippen LogP contribution >= 0.6 is 0 Å². The van der Waals surface area contributed by atoms with Gasteiger partial charge in [-0.1, -0.05) is 12.1 Å². The van der Waals surface area contributed by atoms with E-state index in [4.69, 9.17) is 9.47 Å². The Balaban J connectivity index is 2.16. The molecule has 0 radical (unpaired) electrons. The van der Waals surface area contributed by atoms with Crippen LogP contribution in [0.5, 0.6) is 5.75 Å². The normalized spacial score (nSPS) is 10.1. The van der Waals surface area contributed by atoms with Gasteiger partial charge in [-0.15, -0.1) is 0 Å². The van der Waals surface area contributed by atoms with Crippen molar-refractivity contribution >= 4 is 11.9 Å². The number of esters is 1. The molecule has 0 fully saturated rings. The Kier molecular flexibility index (Phi) is 8.04. The molecule has 0 unspecified atom stereocenters. The number of rotatable bonds is 9. The molecule has 0 heterocycles. The molecule has 5 heteroatoms. The molecule has 1 N–H and O–H groups in total. The molecule has 1 aromatic rings. The zero-order valence-electron chi connectivity index (χ0n) is 13.6. The van der Waals surface area contributed by atoms with E-state index in [1.807, 2.05) is 32.0 Å². The second-order valence-electron chi connectivity index (χ2n) is 5.06. The van der Waals surface area contributed by atoms with Gasteiger partial charge in [-0.25, -0.2) is 0 Å². The number of carbonyl (C=O) groups excluding carboxylic acids is 2. The van der Waals surface area contributed by atoms with Crippen molar-refractivity contribution in [1.82, 2.24) is 5.32 Å². The first-order valence-corrected chi connectivity index (χ1v) is 7.66. The number of aryl methyl sites for hydroxylation is 1. The third-order valence-corrected chi connectivity index (χ3v) is 3.33. The Morgan fingerprint density at radius 2 is 1.95 bits per heavy atom. The summed E-state index contributed by atoms with van der Waals surface area (Å²) in [7, 11) is 0. The number of carbonyl (C=O) groups is 2. The van der Waals surface area contributed by atoms with Gasteiger partial charge in [-0.3, -0.25) is 9.59 Å². The predicted octanol–water partition coefficient (Wildman–Crippen LogP) is 2.53. The van der Waals surface area contributed by atoms with E-state index in [0.29, 0.717) is 39.0 Å². The molecule has 1 amide bonds. The standard InChI is InChI=1S/C17H25NO4/c1-4-21-17(20)9-6-11-18-16(19)10-12-22-15-8-5-7-13(2)14(15)3/h5,7-8H,4,6,9-12H2,1-3H3,(H,18,19). The fourth-order valence-electron chi connectivity index (χ4n) is 1.92. The predicted molar refractivity (Wildman–Crippen MR) is 84.9 cm³/mol. The summed E-state index contributed by atoms with van der Waals surface area (Å²) in [6.07, 6.45) is 1.21. The van der Waals surface area contributed by atoms with Crippen molar-refractivity contribution < 1.29 is 19.1 Å². The van der Waals surface area contributed by atoms with E-state index in [-0.39, 0.29) is 11.9 Å². The second-order valence-corrected chi connectivity index (χ2v) is 5.06. The molecular weight excluding hydrogens is 282 g/mol. The first kappa shape index (κ1) is 18.0. The quantitative estimate of drug-likeness (QED) is 0.562. The van der Waals surface area contributed by atoms with E-state index >= 15 is 0 Å². The monoisotopic (exact) mass is 307 g/mol. The molecule has 0 aliphatic carbocycles. The summed E-state index contributed by atoms with van der Waals surface area (Å²) < 4.78 is 10.4. The number of ether oxygens (including phenoxy) is 2. The first-order valence-electron chi connectivity index (χ1n) is 7.66. The van der Waals surface area contributed by atoms with Crippen LogP contribution in [0.4, 0.5) is 0 Å². The zero-order valence-corrected chi connectivity index (χ0v) is 13.6. The van der Waals surface area contributed by atoms with Crippen LogP contribution in [0.2, 0.25) is 0 Å². The molecule has 22 heavy (non-hydrogen) atoms. The minimum atomic E-state index is -0.227. The van der Waals surface area contributed by atoms with Crippen molar-refractivity contribution in [2.45, 2.75) is 40.0 Å². The van der Waals surface area contributed by atoms with Gasteiger partial charge in [0.2, 0.25) is 5.91 Å². The molecule has 0 bridgehead atoms. The summed E-state index contributed by atoms with van der Waals surface area (Å²) in [5.74, 6) is 0.513. The highest BCUT2D eigenvalue weighted by Gasteiger charge is 2.05. The van der Waals surface area contributed by atoms with Gasteiger partial charge in [-0.2, -0.15) is 0 Å². The molecule has 122 valence electrons. The van der Waals surface area contributed by atoms with Gasteiger partial charge in [0, 0.05) is 13.0 Å². The van der Waals surface area contributed by atoms with E-state index in [0.717, 1.165) is 11.3 Å². The highest BCUT2D eigenvalue weighted by molar-refractivity contribution is 5.76. The number of amides is 1. The van der Waals surface area contributed by atoms with Crippen LogP contribution in [0.3, 0.4) is 0 Å². The molecule has 0 saturated carbocycles. The van der Waals surface area contributed by atoms with E-state index in [1.165, 1.54) is 5.56 Å². The van der Waals surface area contributed by atoms with Crippen LogP contribution in [0.25, 0.3) is 0 Å². The average molecular weight is 307 g/mol. The van der Waals surface area contributed by atoms with Crippen LogP contribution in [0.15, 0.2) is 18.2 Å². The van der Waals surface area contributed by atoms with Crippen LogP contribution < -0.4 is 10.1 Å². The van der Waals surface area contributed by atoms with E-state index in [9.17, 15) is 9.59 Å². The second kappa shape index (κ2) is 9.82. The molecule has 0 aromatic heterocycles. The lowest BCUT2D eigenvalue weighted by Crippen LogP contribution is -2.26. The molecule has 0 aliphatic heterocycles. The third kappa shape index (κ3) is 6.61. The summed E-state index contributed by atoms with van der Waals surface area (Å²) in [4.78, 5) is 22.8. The number of hydrogen-bond donors (Lipinski definition) is 1. The van der Waals surface area contributed by atoms with E-state index < -0.39 is 0 Å². The Labute approximate surface area is 132 Å².